The Hall–Kier alpha value is -2.57. The number of hydrogen-bond acceptors (Lipinski definition) is 4. The molecule has 6 nitrogen and oxygen atoms in total. The van der Waals surface area contributed by atoms with Gasteiger partial charge in [0.15, 0.2) is 0 Å². The van der Waals surface area contributed by atoms with Crippen LogP contribution in [0.15, 0.2) is 47.0 Å². The number of carbonyl (C=O) groups is 1. The fourth-order valence-corrected chi connectivity index (χ4v) is 3.69. The minimum Gasteiger partial charge on any atom is -0.337 e. The molecule has 0 aliphatic carbocycles. The Labute approximate surface area is 172 Å². The average Bonchev–Trinajstić information content (AvgIpc) is 3.33. The largest absolute Gasteiger partial charge is 0.337 e. The molecule has 8 heteroatoms. The molecule has 0 bridgehead atoms. The van der Waals surface area contributed by atoms with E-state index >= 15 is 0 Å². The number of urea groups is 1. The molecule has 1 fully saturated rings. The number of aryl methyl sites for hydroxylation is 1. The lowest BCUT2D eigenvalue weighted by Crippen LogP contribution is -2.34. The third-order valence-electron chi connectivity index (χ3n) is 4.72. The summed E-state index contributed by atoms with van der Waals surface area (Å²) < 4.78 is 5.48. The summed E-state index contributed by atoms with van der Waals surface area (Å²) in [5.74, 6) is 0.952. The molecule has 1 aliphatic heterocycles. The Balaban J connectivity index is 1.52. The molecular weight excluding hydrogens is 399 g/mol. The van der Waals surface area contributed by atoms with E-state index in [0.29, 0.717) is 34.0 Å². The number of likely N-dealkylation sites (tertiary alicyclic amines) is 1. The van der Waals surface area contributed by atoms with Crippen molar-refractivity contribution in [3.63, 3.8) is 0 Å². The van der Waals surface area contributed by atoms with Crippen LogP contribution < -0.4 is 5.32 Å². The monoisotopic (exact) mass is 416 g/mol. The van der Waals surface area contributed by atoms with Crippen molar-refractivity contribution in [1.29, 1.82) is 0 Å². The second-order valence-corrected chi connectivity index (χ2v) is 7.57. The SMILES string of the molecule is Cc1ccc(-c2noc([C@@H]3CCCN3C(=O)Nc3ccc(Cl)cc3Cl)n2)cc1. The van der Waals surface area contributed by atoms with E-state index in [4.69, 9.17) is 27.7 Å². The fraction of sp³-hybridized carbons (Fsp3) is 0.250. The van der Waals surface area contributed by atoms with Crippen molar-refractivity contribution in [3.05, 3.63) is 64.0 Å². The number of anilines is 1. The predicted molar refractivity (Wildman–Crippen MR) is 109 cm³/mol. The van der Waals surface area contributed by atoms with Gasteiger partial charge >= 0.3 is 6.03 Å². The second kappa shape index (κ2) is 7.81. The van der Waals surface area contributed by atoms with Gasteiger partial charge in [-0.05, 0) is 38.0 Å². The standard InChI is InChI=1S/C20H18Cl2N4O2/c1-12-4-6-13(7-5-12)18-24-19(28-25-18)17-3-2-10-26(17)20(27)23-16-9-8-14(21)11-15(16)22/h4-9,11,17H,2-3,10H2,1H3,(H,23,27)/t17-/m0/s1. The number of hydrogen-bond donors (Lipinski definition) is 1. The van der Waals surface area contributed by atoms with Crippen molar-refractivity contribution in [1.82, 2.24) is 15.0 Å². The normalized spacial score (nSPS) is 16.4. The van der Waals surface area contributed by atoms with Gasteiger partial charge in [0.05, 0.1) is 10.7 Å². The van der Waals surface area contributed by atoms with Gasteiger partial charge in [-0.2, -0.15) is 4.98 Å². The molecule has 1 atom stereocenters. The highest BCUT2D eigenvalue weighted by Crippen LogP contribution is 2.33. The molecule has 144 valence electrons. The Bertz CT molecular complexity index is 1000. The molecule has 1 aliphatic rings. The number of amides is 2. The van der Waals surface area contributed by atoms with Gasteiger partial charge in [0, 0.05) is 17.1 Å². The van der Waals surface area contributed by atoms with Crippen LogP contribution in [0.5, 0.6) is 0 Å². The maximum absolute atomic E-state index is 12.8. The Kier molecular flexibility index (Phi) is 5.24. The first kappa shape index (κ1) is 18.8. The molecule has 28 heavy (non-hydrogen) atoms. The van der Waals surface area contributed by atoms with Crippen molar-refractivity contribution >= 4 is 34.9 Å². The van der Waals surface area contributed by atoms with Gasteiger partial charge < -0.3 is 14.7 Å². The molecule has 0 unspecified atom stereocenters. The Morgan fingerprint density at radius 2 is 2.00 bits per heavy atom. The van der Waals surface area contributed by atoms with Gasteiger partial charge in [0.25, 0.3) is 0 Å². The number of rotatable bonds is 3. The number of halogens is 2. The van der Waals surface area contributed by atoms with Crippen molar-refractivity contribution in [3.8, 4) is 11.4 Å². The van der Waals surface area contributed by atoms with E-state index in [1.807, 2.05) is 31.2 Å². The van der Waals surface area contributed by atoms with Crippen LogP contribution in [0, 0.1) is 6.92 Å². The number of carbonyl (C=O) groups excluding carboxylic acids is 1. The van der Waals surface area contributed by atoms with Gasteiger partial charge in [-0.25, -0.2) is 4.79 Å². The molecule has 1 aromatic heterocycles. The molecule has 0 saturated carbocycles. The summed E-state index contributed by atoms with van der Waals surface area (Å²) in [5, 5.41) is 7.81. The average molecular weight is 417 g/mol. The lowest BCUT2D eigenvalue weighted by atomic mass is 10.1. The molecule has 1 saturated heterocycles. The summed E-state index contributed by atoms with van der Waals surface area (Å²) in [7, 11) is 0. The molecule has 1 N–H and O–H groups in total. The van der Waals surface area contributed by atoms with E-state index in [1.165, 1.54) is 0 Å². The topological polar surface area (TPSA) is 71.3 Å². The van der Waals surface area contributed by atoms with Crippen LogP contribution in [-0.4, -0.2) is 27.6 Å². The zero-order valence-electron chi connectivity index (χ0n) is 15.2. The first-order valence-electron chi connectivity index (χ1n) is 8.94. The fourth-order valence-electron chi connectivity index (χ4n) is 3.23. The summed E-state index contributed by atoms with van der Waals surface area (Å²) in [6.07, 6.45) is 1.62. The van der Waals surface area contributed by atoms with Gasteiger partial charge in [0.2, 0.25) is 11.7 Å². The van der Waals surface area contributed by atoms with Crippen LogP contribution in [0.4, 0.5) is 10.5 Å². The number of benzene rings is 2. The minimum absolute atomic E-state index is 0.262. The highest BCUT2D eigenvalue weighted by molar-refractivity contribution is 6.36. The first-order valence-corrected chi connectivity index (χ1v) is 9.70. The summed E-state index contributed by atoms with van der Waals surface area (Å²) >= 11 is 12.1. The molecule has 2 heterocycles. The Morgan fingerprint density at radius 1 is 1.21 bits per heavy atom. The maximum atomic E-state index is 12.8. The third-order valence-corrected chi connectivity index (χ3v) is 5.27. The first-order chi connectivity index (χ1) is 13.5. The van der Waals surface area contributed by atoms with E-state index in [1.54, 1.807) is 23.1 Å². The summed E-state index contributed by atoms with van der Waals surface area (Å²) in [5.41, 5.74) is 2.54. The van der Waals surface area contributed by atoms with E-state index in [9.17, 15) is 4.79 Å². The van der Waals surface area contributed by atoms with Crippen molar-refractivity contribution in [2.75, 3.05) is 11.9 Å². The van der Waals surface area contributed by atoms with Crippen molar-refractivity contribution in [2.45, 2.75) is 25.8 Å². The lowest BCUT2D eigenvalue weighted by Gasteiger charge is -2.22. The molecular formula is C20H18Cl2N4O2. The van der Waals surface area contributed by atoms with Crippen LogP contribution in [-0.2, 0) is 0 Å². The van der Waals surface area contributed by atoms with Crippen LogP contribution in [0.1, 0.15) is 30.3 Å². The molecule has 4 rings (SSSR count). The van der Waals surface area contributed by atoms with Crippen molar-refractivity contribution < 1.29 is 9.32 Å². The second-order valence-electron chi connectivity index (χ2n) is 6.73. The van der Waals surface area contributed by atoms with Crippen LogP contribution in [0.25, 0.3) is 11.4 Å². The van der Waals surface area contributed by atoms with E-state index < -0.39 is 0 Å². The summed E-state index contributed by atoms with van der Waals surface area (Å²) in [6, 6.07) is 12.3. The van der Waals surface area contributed by atoms with Crippen molar-refractivity contribution in [2.24, 2.45) is 0 Å². The zero-order valence-corrected chi connectivity index (χ0v) is 16.7. The van der Waals surface area contributed by atoms with Crippen LogP contribution in [0.3, 0.4) is 0 Å². The number of aromatic nitrogens is 2. The van der Waals surface area contributed by atoms with Gasteiger partial charge in [-0.1, -0.05) is 58.2 Å². The minimum atomic E-state index is -0.266. The van der Waals surface area contributed by atoms with E-state index in [0.717, 1.165) is 24.0 Å². The van der Waals surface area contributed by atoms with Gasteiger partial charge in [-0.15, -0.1) is 0 Å². The predicted octanol–water partition coefficient (Wildman–Crippen LogP) is 5.72. The van der Waals surface area contributed by atoms with Gasteiger partial charge in [-0.3, -0.25) is 0 Å². The summed E-state index contributed by atoms with van der Waals surface area (Å²) in [6.45, 7) is 2.62. The highest BCUT2D eigenvalue weighted by Gasteiger charge is 2.34. The zero-order chi connectivity index (χ0) is 19.7. The highest BCUT2D eigenvalue weighted by atomic mass is 35.5. The molecule has 2 amide bonds. The van der Waals surface area contributed by atoms with Crippen LogP contribution in [0.2, 0.25) is 10.0 Å². The molecule has 0 radical (unpaired) electrons. The maximum Gasteiger partial charge on any atom is 0.322 e. The van der Waals surface area contributed by atoms with Gasteiger partial charge in [0.1, 0.15) is 6.04 Å². The third kappa shape index (κ3) is 3.84. The molecule has 3 aromatic rings. The lowest BCUT2D eigenvalue weighted by molar-refractivity contribution is 0.193. The molecule has 0 spiro atoms. The van der Waals surface area contributed by atoms with E-state index in [-0.39, 0.29) is 12.1 Å². The smallest absolute Gasteiger partial charge is 0.322 e. The number of nitrogens with one attached hydrogen (secondary N) is 1. The quantitative estimate of drug-likeness (QED) is 0.592. The number of nitrogens with zero attached hydrogens (tertiary/aromatic N) is 3. The van der Waals surface area contributed by atoms with Crippen LogP contribution >= 0.6 is 23.2 Å². The Morgan fingerprint density at radius 3 is 2.75 bits per heavy atom. The van der Waals surface area contributed by atoms with E-state index in [2.05, 4.69) is 15.5 Å². The summed E-state index contributed by atoms with van der Waals surface area (Å²) in [4.78, 5) is 19.0. The molecule has 2 aromatic carbocycles.